The first-order chi connectivity index (χ1) is 12.2. The molecule has 4 rings (SSSR count). The van der Waals surface area contributed by atoms with Gasteiger partial charge in [-0.05, 0) is 41.3 Å². The predicted octanol–water partition coefficient (Wildman–Crippen LogP) is 4.88. The van der Waals surface area contributed by atoms with E-state index in [0.717, 1.165) is 16.1 Å². The van der Waals surface area contributed by atoms with E-state index in [4.69, 9.17) is 0 Å². The lowest BCUT2D eigenvalue weighted by molar-refractivity contribution is 0.627. The standard InChI is InChI=1S/C19H13FN2OS2/c20-14-8-6-13(7-9-14)12-25-19-21-17-16(10-11-24-17)18(23)22(19)15-4-2-1-3-5-15/h1-11H,12H2. The molecule has 3 nitrogen and oxygen atoms in total. The van der Waals surface area contributed by atoms with Gasteiger partial charge in [0.25, 0.3) is 5.56 Å². The predicted molar refractivity (Wildman–Crippen MR) is 101 cm³/mol. The molecule has 124 valence electrons. The van der Waals surface area contributed by atoms with Crippen LogP contribution < -0.4 is 5.56 Å². The Morgan fingerprint density at radius 3 is 2.56 bits per heavy atom. The van der Waals surface area contributed by atoms with Crippen LogP contribution in [0.15, 0.2) is 76.0 Å². The van der Waals surface area contributed by atoms with Crippen LogP contribution in [0.1, 0.15) is 5.56 Å². The van der Waals surface area contributed by atoms with E-state index < -0.39 is 0 Å². The Morgan fingerprint density at radius 2 is 1.80 bits per heavy atom. The smallest absolute Gasteiger partial charge is 0.267 e. The lowest BCUT2D eigenvalue weighted by atomic mass is 10.2. The number of halogens is 1. The van der Waals surface area contributed by atoms with Crippen molar-refractivity contribution in [2.45, 2.75) is 10.9 Å². The summed E-state index contributed by atoms with van der Waals surface area (Å²) in [5, 5.41) is 3.14. The highest BCUT2D eigenvalue weighted by atomic mass is 32.2. The van der Waals surface area contributed by atoms with Crippen LogP contribution in [0.4, 0.5) is 4.39 Å². The Morgan fingerprint density at radius 1 is 1.04 bits per heavy atom. The number of para-hydroxylation sites is 1. The normalized spacial score (nSPS) is 11.1. The van der Waals surface area contributed by atoms with Crippen molar-refractivity contribution in [1.29, 1.82) is 0 Å². The number of nitrogens with zero attached hydrogens (tertiary/aromatic N) is 2. The monoisotopic (exact) mass is 368 g/mol. The second-order valence-corrected chi connectivity index (χ2v) is 7.26. The van der Waals surface area contributed by atoms with Crippen LogP contribution in [-0.4, -0.2) is 9.55 Å². The van der Waals surface area contributed by atoms with E-state index in [-0.39, 0.29) is 11.4 Å². The lowest BCUT2D eigenvalue weighted by Gasteiger charge is -2.12. The van der Waals surface area contributed by atoms with Gasteiger partial charge >= 0.3 is 0 Å². The van der Waals surface area contributed by atoms with Crippen molar-refractivity contribution < 1.29 is 4.39 Å². The van der Waals surface area contributed by atoms with Gasteiger partial charge in [0.2, 0.25) is 0 Å². The number of benzene rings is 2. The summed E-state index contributed by atoms with van der Waals surface area (Å²) in [4.78, 5) is 18.3. The first-order valence-corrected chi connectivity index (χ1v) is 9.52. The Kier molecular flexibility index (Phi) is 4.38. The summed E-state index contributed by atoms with van der Waals surface area (Å²) in [5.41, 5.74) is 1.69. The summed E-state index contributed by atoms with van der Waals surface area (Å²) in [6.07, 6.45) is 0. The van der Waals surface area contributed by atoms with Crippen LogP contribution in [0, 0.1) is 5.82 Å². The molecule has 0 unspecified atom stereocenters. The van der Waals surface area contributed by atoms with Crippen molar-refractivity contribution in [3.63, 3.8) is 0 Å². The van der Waals surface area contributed by atoms with Crippen LogP contribution in [0.25, 0.3) is 15.9 Å². The highest BCUT2D eigenvalue weighted by Crippen LogP contribution is 2.26. The van der Waals surface area contributed by atoms with Crippen LogP contribution in [0.2, 0.25) is 0 Å². The van der Waals surface area contributed by atoms with Crippen LogP contribution in [-0.2, 0) is 5.75 Å². The molecule has 0 spiro atoms. The molecule has 0 saturated heterocycles. The van der Waals surface area contributed by atoms with Gasteiger partial charge in [0, 0.05) is 5.75 Å². The van der Waals surface area contributed by atoms with Crippen molar-refractivity contribution >= 4 is 33.3 Å². The van der Waals surface area contributed by atoms with Crippen molar-refractivity contribution in [3.8, 4) is 5.69 Å². The summed E-state index contributed by atoms with van der Waals surface area (Å²) >= 11 is 2.93. The summed E-state index contributed by atoms with van der Waals surface area (Å²) < 4.78 is 14.7. The lowest BCUT2D eigenvalue weighted by Crippen LogP contribution is -2.21. The SMILES string of the molecule is O=c1c2ccsc2nc(SCc2ccc(F)cc2)n1-c1ccccc1. The quantitative estimate of drug-likeness (QED) is 0.380. The Balaban J connectivity index is 1.78. The maximum absolute atomic E-state index is 13.1. The zero-order chi connectivity index (χ0) is 17.2. The number of rotatable bonds is 4. The molecular formula is C19H13FN2OS2. The molecule has 2 aromatic heterocycles. The third kappa shape index (κ3) is 3.23. The molecule has 0 aliphatic carbocycles. The average Bonchev–Trinajstić information content (AvgIpc) is 3.11. The fourth-order valence-electron chi connectivity index (χ4n) is 2.52. The molecule has 0 bridgehead atoms. The molecule has 0 aliphatic rings. The Hall–Kier alpha value is -2.44. The van der Waals surface area contributed by atoms with E-state index in [1.54, 1.807) is 16.7 Å². The zero-order valence-corrected chi connectivity index (χ0v) is 14.7. The minimum absolute atomic E-state index is 0.0703. The van der Waals surface area contributed by atoms with E-state index in [2.05, 4.69) is 4.98 Å². The maximum Gasteiger partial charge on any atom is 0.267 e. The molecule has 0 atom stereocenters. The fraction of sp³-hybridized carbons (Fsp3) is 0.0526. The zero-order valence-electron chi connectivity index (χ0n) is 13.1. The number of hydrogen-bond acceptors (Lipinski definition) is 4. The highest BCUT2D eigenvalue weighted by Gasteiger charge is 2.14. The maximum atomic E-state index is 13.1. The molecule has 0 N–H and O–H groups in total. The molecule has 0 fully saturated rings. The Labute approximate surface area is 151 Å². The summed E-state index contributed by atoms with van der Waals surface area (Å²) in [5.74, 6) is 0.351. The van der Waals surface area contributed by atoms with Gasteiger partial charge in [0.15, 0.2) is 5.16 Å². The average molecular weight is 368 g/mol. The van der Waals surface area contributed by atoms with Crippen LogP contribution in [0.3, 0.4) is 0 Å². The largest absolute Gasteiger partial charge is 0.268 e. The van der Waals surface area contributed by atoms with E-state index in [0.29, 0.717) is 16.3 Å². The van der Waals surface area contributed by atoms with Gasteiger partial charge in [-0.3, -0.25) is 9.36 Å². The molecule has 0 amide bonds. The van der Waals surface area contributed by atoms with Gasteiger partial charge in [-0.1, -0.05) is 42.1 Å². The summed E-state index contributed by atoms with van der Waals surface area (Å²) in [6.45, 7) is 0. The third-order valence-electron chi connectivity index (χ3n) is 3.76. The number of thiophene rings is 1. The number of hydrogen-bond donors (Lipinski definition) is 0. The van der Waals surface area contributed by atoms with Crippen LogP contribution >= 0.6 is 23.1 Å². The molecule has 0 radical (unpaired) electrons. The first-order valence-electron chi connectivity index (χ1n) is 7.65. The first kappa shape index (κ1) is 16.1. The van der Waals surface area contributed by atoms with E-state index in [9.17, 15) is 9.18 Å². The van der Waals surface area contributed by atoms with Gasteiger partial charge in [0.05, 0.1) is 11.1 Å². The van der Waals surface area contributed by atoms with Crippen molar-refractivity contribution in [3.05, 3.63) is 87.8 Å². The van der Waals surface area contributed by atoms with E-state index >= 15 is 0 Å². The van der Waals surface area contributed by atoms with Crippen molar-refractivity contribution in [2.24, 2.45) is 0 Å². The fourth-order valence-corrected chi connectivity index (χ4v) is 4.30. The molecule has 25 heavy (non-hydrogen) atoms. The van der Waals surface area contributed by atoms with Gasteiger partial charge in [-0.25, -0.2) is 9.37 Å². The minimum Gasteiger partial charge on any atom is -0.268 e. The Bertz CT molecular complexity index is 1070. The number of fused-ring (bicyclic) bond motifs is 1. The van der Waals surface area contributed by atoms with E-state index in [1.165, 1.54) is 35.2 Å². The number of thioether (sulfide) groups is 1. The highest BCUT2D eigenvalue weighted by molar-refractivity contribution is 7.98. The van der Waals surface area contributed by atoms with Crippen molar-refractivity contribution in [1.82, 2.24) is 9.55 Å². The van der Waals surface area contributed by atoms with Gasteiger partial charge < -0.3 is 0 Å². The van der Waals surface area contributed by atoms with Gasteiger partial charge in [-0.2, -0.15) is 0 Å². The van der Waals surface area contributed by atoms with Crippen LogP contribution in [0.5, 0.6) is 0 Å². The molecule has 0 aliphatic heterocycles. The molecule has 2 aromatic carbocycles. The molecule has 6 heteroatoms. The van der Waals surface area contributed by atoms with Gasteiger partial charge in [-0.15, -0.1) is 11.3 Å². The topological polar surface area (TPSA) is 34.9 Å². The minimum atomic E-state index is -0.256. The molecule has 2 heterocycles. The number of aromatic nitrogens is 2. The van der Waals surface area contributed by atoms with Crippen molar-refractivity contribution in [2.75, 3.05) is 0 Å². The molecule has 0 saturated carbocycles. The van der Waals surface area contributed by atoms with Gasteiger partial charge in [0.1, 0.15) is 10.6 Å². The summed E-state index contributed by atoms with van der Waals surface area (Å²) in [7, 11) is 0. The second kappa shape index (κ2) is 6.82. The van der Waals surface area contributed by atoms with E-state index in [1.807, 2.05) is 41.8 Å². The third-order valence-corrected chi connectivity index (χ3v) is 5.58. The second-order valence-electron chi connectivity index (χ2n) is 5.43. The summed E-state index contributed by atoms with van der Waals surface area (Å²) in [6, 6.07) is 17.7. The molecular weight excluding hydrogens is 355 g/mol. The molecule has 4 aromatic rings.